The van der Waals surface area contributed by atoms with Crippen molar-refractivity contribution in [1.29, 1.82) is 0 Å². The second kappa shape index (κ2) is 5.96. The molecule has 1 N–H and O–H groups in total. The van der Waals surface area contributed by atoms with E-state index in [0.717, 1.165) is 36.9 Å². The van der Waals surface area contributed by atoms with Crippen LogP contribution in [0.5, 0.6) is 0 Å². The summed E-state index contributed by atoms with van der Waals surface area (Å²) in [5.41, 5.74) is 1.09. The Bertz CT molecular complexity index is 245. The number of imidazole rings is 1. The zero-order valence-electron chi connectivity index (χ0n) is 9.21. The van der Waals surface area contributed by atoms with E-state index >= 15 is 0 Å². The van der Waals surface area contributed by atoms with Gasteiger partial charge < -0.3 is 9.88 Å². The quantitative estimate of drug-likeness (QED) is 0.787. The molecule has 1 rings (SSSR count). The Balaban J connectivity index is 2.60. The minimum Gasteiger partial charge on any atom is -0.356 e. The third-order valence-corrected chi connectivity index (χ3v) is 2.56. The van der Waals surface area contributed by atoms with Crippen LogP contribution >= 0.6 is 11.8 Å². The van der Waals surface area contributed by atoms with Crippen molar-refractivity contribution in [1.82, 2.24) is 9.55 Å². The van der Waals surface area contributed by atoms with E-state index in [1.165, 1.54) is 0 Å². The summed E-state index contributed by atoms with van der Waals surface area (Å²) in [6.45, 7) is 6.23. The van der Waals surface area contributed by atoms with Gasteiger partial charge in [0.1, 0.15) is 0 Å². The van der Waals surface area contributed by atoms with Crippen molar-refractivity contribution in [2.45, 2.75) is 26.8 Å². The van der Waals surface area contributed by atoms with Crippen LogP contribution in [0.2, 0.25) is 0 Å². The van der Waals surface area contributed by atoms with Crippen LogP contribution in [0.15, 0.2) is 6.20 Å². The van der Waals surface area contributed by atoms with Gasteiger partial charge in [-0.15, -0.1) is 0 Å². The van der Waals surface area contributed by atoms with Crippen molar-refractivity contribution in [2.75, 3.05) is 23.9 Å². The van der Waals surface area contributed by atoms with E-state index in [1.54, 1.807) is 0 Å². The smallest absolute Gasteiger partial charge is 0.203 e. The van der Waals surface area contributed by atoms with Crippen LogP contribution in [0.3, 0.4) is 0 Å². The Morgan fingerprint density at radius 1 is 1.57 bits per heavy atom. The first-order valence-corrected chi connectivity index (χ1v) is 6.44. The molecule has 0 aliphatic rings. The number of aryl methyl sites for hydroxylation is 2. The van der Waals surface area contributed by atoms with E-state index in [9.17, 15) is 0 Å². The van der Waals surface area contributed by atoms with Crippen LogP contribution in [0.4, 0.5) is 5.95 Å². The average Bonchev–Trinajstić information content (AvgIpc) is 2.52. The van der Waals surface area contributed by atoms with Gasteiger partial charge in [0.25, 0.3) is 0 Å². The Labute approximate surface area is 90.3 Å². The standard InChI is InChI=1S/C10H19N3S/c1-4-5-11-10-12-9(2)8-13(10)6-7-14-3/h8H,4-7H2,1-3H3,(H,11,12). The average molecular weight is 213 g/mol. The number of hydrogen-bond acceptors (Lipinski definition) is 3. The van der Waals surface area contributed by atoms with Gasteiger partial charge in [0.15, 0.2) is 0 Å². The molecule has 0 aliphatic carbocycles. The summed E-state index contributed by atoms with van der Waals surface area (Å²) in [5.74, 6) is 2.15. The third-order valence-electron chi connectivity index (χ3n) is 1.97. The molecule has 4 heteroatoms. The maximum atomic E-state index is 4.44. The summed E-state index contributed by atoms with van der Waals surface area (Å²) in [6.07, 6.45) is 5.37. The van der Waals surface area contributed by atoms with Crippen LogP contribution in [0.25, 0.3) is 0 Å². The zero-order valence-corrected chi connectivity index (χ0v) is 10.0. The van der Waals surface area contributed by atoms with Gasteiger partial charge in [-0.3, -0.25) is 0 Å². The minimum atomic E-state index is 0.996. The fraction of sp³-hybridized carbons (Fsp3) is 0.700. The fourth-order valence-corrected chi connectivity index (χ4v) is 1.66. The highest BCUT2D eigenvalue weighted by Crippen LogP contribution is 2.09. The van der Waals surface area contributed by atoms with Crippen molar-refractivity contribution < 1.29 is 0 Å². The molecule has 0 amide bonds. The monoisotopic (exact) mass is 213 g/mol. The molecule has 80 valence electrons. The Hall–Kier alpha value is -0.640. The molecule has 0 spiro atoms. The number of rotatable bonds is 6. The lowest BCUT2D eigenvalue weighted by Crippen LogP contribution is -2.08. The van der Waals surface area contributed by atoms with Gasteiger partial charge in [-0.2, -0.15) is 11.8 Å². The van der Waals surface area contributed by atoms with Crippen LogP contribution in [-0.2, 0) is 6.54 Å². The second-order valence-corrected chi connectivity index (χ2v) is 4.30. The molecule has 1 aromatic rings. The summed E-state index contributed by atoms with van der Waals surface area (Å²) in [4.78, 5) is 4.44. The van der Waals surface area contributed by atoms with Crippen molar-refractivity contribution in [2.24, 2.45) is 0 Å². The Kier molecular flexibility index (Phi) is 4.87. The van der Waals surface area contributed by atoms with E-state index in [4.69, 9.17) is 0 Å². The fourth-order valence-electron chi connectivity index (χ4n) is 1.28. The lowest BCUT2D eigenvalue weighted by Gasteiger charge is -2.07. The number of thioether (sulfide) groups is 1. The highest BCUT2D eigenvalue weighted by molar-refractivity contribution is 7.98. The normalized spacial score (nSPS) is 10.5. The molecule has 0 bridgehead atoms. The molecule has 0 saturated carbocycles. The van der Waals surface area contributed by atoms with Crippen molar-refractivity contribution in [3.05, 3.63) is 11.9 Å². The van der Waals surface area contributed by atoms with Gasteiger partial charge in [0.2, 0.25) is 5.95 Å². The second-order valence-electron chi connectivity index (χ2n) is 3.32. The van der Waals surface area contributed by atoms with Gasteiger partial charge in [-0.1, -0.05) is 6.92 Å². The van der Waals surface area contributed by atoms with Crippen LogP contribution < -0.4 is 5.32 Å². The maximum Gasteiger partial charge on any atom is 0.203 e. The molecular formula is C10H19N3S. The lowest BCUT2D eigenvalue weighted by molar-refractivity contribution is 0.769. The van der Waals surface area contributed by atoms with E-state index in [-0.39, 0.29) is 0 Å². The van der Waals surface area contributed by atoms with Crippen LogP contribution in [0.1, 0.15) is 19.0 Å². The number of nitrogens with zero attached hydrogens (tertiary/aromatic N) is 2. The number of aromatic nitrogens is 2. The summed E-state index contributed by atoms with van der Waals surface area (Å²) < 4.78 is 2.20. The highest BCUT2D eigenvalue weighted by atomic mass is 32.2. The summed E-state index contributed by atoms with van der Waals surface area (Å²) in [5, 5.41) is 3.34. The van der Waals surface area contributed by atoms with Crippen molar-refractivity contribution in [3.8, 4) is 0 Å². The van der Waals surface area contributed by atoms with Crippen LogP contribution in [0, 0.1) is 6.92 Å². The first-order valence-electron chi connectivity index (χ1n) is 5.04. The summed E-state index contributed by atoms with van der Waals surface area (Å²) in [7, 11) is 0. The topological polar surface area (TPSA) is 29.9 Å². The predicted molar refractivity (Wildman–Crippen MR) is 64.1 cm³/mol. The number of hydrogen-bond donors (Lipinski definition) is 1. The molecule has 3 nitrogen and oxygen atoms in total. The Morgan fingerprint density at radius 3 is 3.00 bits per heavy atom. The molecule has 0 aromatic carbocycles. The third kappa shape index (κ3) is 3.25. The number of nitrogens with one attached hydrogen (secondary N) is 1. The van der Waals surface area contributed by atoms with Crippen molar-refractivity contribution in [3.63, 3.8) is 0 Å². The van der Waals surface area contributed by atoms with Gasteiger partial charge >= 0.3 is 0 Å². The van der Waals surface area contributed by atoms with E-state index in [0.29, 0.717) is 0 Å². The van der Waals surface area contributed by atoms with E-state index in [1.807, 2.05) is 18.7 Å². The largest absolute Gasteiger partial charge is 0.356 e. The number of anilines is 1. The molecule has 14 heavy (non-hydrogen) atoms. The van der Waals surface area contributed by atoms with E-state index < -0.39 is 0 Å². The molecule has 1 heterocycles. The molecule has 0 fully saturated rings. The summed E-state index contributed by atoms with van der Waals surface area (Å²) in [6, 6.07) is 0. The first kappa shape index (κ1) is 11.4. The first-order chi connectivity index (χ1) is 6.77. The minimum absolute atomic E-state index is 0.996. The van der Waals surface area contributed by atoms with Crippen molar-refractivity contribution >= 4 is 17.7 Å². The molecule has 0 aliphatic heterocycles. The van der Waals surface area contributed by atoms with Gasteiger partial charge in [-0.05, 0) is 19.6 Å². The predicted octanol–water partition coefficient (Wildman–Crippen LogP) is 2.38. The van der Waals surface area contributed by atoms with Gasteiger partial charge in [0.05, 0.1) is 5.69 Å². The molecule has 0 atom stereocenters. The zero-order chi connectivity index (χ0) is 10.4. The van der Waals surface area contributed by atoms with E-state index in [2.05, 4.69) is 34.2 Å². The molecule has 0 saturated heterocycles. The molecular weight excluding hydrogens is 194 g/mol. The SMILES string of the molecule is CCCNc1nc(C)cn1CCSC. The maximum absolute atomic E-state index is 4.44. The summed E-state index contributed by atoms with van der Waals surface area (Å²) >= 11 is 1.86. The Morgan fingerprint density at radius 2 is 2.36 bits per heavy atom. The van der Waals surface area contributed by atoms with Gasteiger partial charge in [-0.25, -0.2) is 4.98 Å². The molecule has 0 radical (unpaired) electrons. The lowest BCUT2D eigenvalue weighted by atomic mass is 10.5. The van der Waals surface area contributed by atoms with Gasteiger partial charge in [0, 0.05) is 25.0 Å². The molecule has 1 aromatic heterocycles. The highest BCUT2D eigenvalue weighted by Gasteiger charge is 2.03. The van der Waals surface area contributed by atoms with Crippen LogP contribution in [-0.4, -0.2) is 28.1 Å². The molecule has 0 unspecified atom stereocenters.